The van der Waals surface area contributed by atoms with E-state index in [1.165, 1.54) is 10.9 Å². The molecule has 1 N–H and O–H groups in total. The summed E-state index contributed by atoms with van der Waals surface area (Å²) in [5.74, 6) is 0.811. The number of carbonyl (C=O) groups is 1. The first kappa shape index (κ1) is 17.6. The molecule has 0 aliphatic carbocycles. The fourth-order valence-corrected chi connectivity index (χ4v) is 4.00. The van der Waals surface area contributed by atoms with Gasteiger partial charge in [-0.1, -0.05) is 30.3 Å². The molecule has 27 heavy (non-hydrogen) atoms. The number of H-pyrrole nitrogens is 1. The predicted octanol–water partition coefficient (Wildman–Crippen LogP) is 3.69. The summed E-state index contributed by atoms with van der Waals surface area (Å²) in [7, 11) is 1.56. The summed E-state index contributed by atoms with van der Waals surface area (Å²) in [6, 6.07) is 16.2. The fraction of sp³-hybridized carbons (Fsp3) is 0.318. The predicted molar refractivity (Wildman–Crippen MR) is 105 cm³/mol. The SMILES string of the molecule is CCOc1cccc([C@H]2c3[nH]c4ccccc4c3CCN2C(=O)COC)c1. The number of methoxy groups -OCH3 is 1. The Labute approximate surface area is 158 Å². The van der Waals surface area contributed by atoms with E-state index in [1.54, 1.807) is 7.11 Å². The van der Waals surface area contributed by atoms with Crippen LogP contribution in [0.4, 0.5) is 0 Å². The Bertz CT molecular complexity index is 963. The molecular weight excluding hydrogens is 340 g/mol. The number of aromatic nitrogens is 1. The fourth-order valence-electron chi connectivity index (χ4n) is 4.00. The van der Waals surface area contributed by atoms with E-state index < -0.39 is 0 Å². The number of benzene rings is 2. The number of hydrogen-bond acceptors (Lipinski definition) is 3. The van der Waals surface area contributed by atoms with Crippen LogP contribution in [0.1, 0.15) is 29.8 Å². The third-order valence-corrected chi connectivity index (χ3v) is 5.11. The summed E-state index contributed by atoms with van der Waals surface area (Å²) in [5.41, 5.74) is 4.52. The van der Waals surface area contributed by atoms with Crippen molar-refractivity contribution in [1.82, 2.24) is 9.88 Å². The minimum Gasteiger partial charge on any atom is -0.494 e. The van der Waals surface area contributed by atoms with E-state index in [-0.39, 0.29) is 18.6 Å². The maximum atomic E-state index is 12.8. The summed E-state index contributed by atoms with van der Waals surface area (Å²) in [6.07, 6.45) is 0.830. The van der Waals surface area contributed by atoms with Gasteiger partial charge in [0, 0.05) is 30.3 Å². The van der Waals surface area contributed by atoms with E-state index in [4.69, 9.17) is 9.47 Å². The van der Waals surface area contributed by atoms with Crippen LogP contribution >= 0.6 is 0 Å². The third-order valence-electron chi connectivity index (χ3n) is 5.11. The van der Waals surface area contributed by atoms with Gasteiger partial charge in [-0.25, -0.2) is 0 Å². The second kappa shape index (κ2) is 7.45. The third kappa shape index (κ3) is 3.19. The molecule has 0 spiro atoms. The van der Waals surface area contributed by atoms with Crippen LogP contribution in [0, 0.1) is 0 Å². The first-order valence-corrected chi connectivity index (χ1v) is 9.33. The first-order chi connectivity index (χ1) is 13.2. The highest BCUT2D eigenvalue weighted by atomic mass is 16.5. The van der Waals surface area contributed by atoms with Crippen LogP contribution in [-0.2, 0) is 16.0 Å². The van der Waals surface area contributed by atoms with Gasteiger partial charge in [0.25, 0.3) is 0 Å². The lowest BCUT2D eigenvalue weighted by Crippen LogP contribution is -2.42. The molecule has 2 aromatic carbocycles. The van der Waals surface area contributed by atoms with Crippen LogP contribution in [0.3, 0.4) is 0 Å². The van der Waals surface area contributed by atoms with Gasteiger partial charge in [-0.2, -0.15) is 0 Å². The minimum absolute atomic E-state index is 0.00591. The molecule has 0 unspecified atom stereocenters. The zero-order valence-corrected chi connectivity index (χ0v) is 15.7. The number of ether oxygens (including phenoxy) is 2. The van der Waals surface area contributed by atoms with Gasteiger partial charge in [-0.3, -0.25) is 4.79 Å². The summed E-state index contributed by atoms with van der Waals surface area (Å²) < 4.78 is 10.8. The summed E-state index contributed by atoms with van der Waals surface area (Å²) >= 11 is 0. The van der Waals surface area contributed by atoms with Crippen molar-refractivity contribution >= 4 is 16.8 Å². The highest BCUT2D eigenvalue weighted by Gasteiger charge is 2.34. The number of nitrogens with one attached hydrogen (secondary N) is 1. The molecule has 1 aliphatic rings. The van der Waals surface area contributed by atoms with Crippen molar-refractivity contribution in [3.8, 4) is 5.75 Å². The van der Waals surface area contributed by atoms with Crippen molar-refractivity contribution in [2.45, 2.75) is 19.4 Å². The number of nitrogens with zero attached hydrogens (tertiary/aromatic N) is 1. The second-order valence-electron chi connectivity index (χ2n) is 6.74. The molecule has 1 atom stereocenters. The number of aromatic amines is 1. The van der Waals surface area contributed by atoms with Gasteiger partial charge in [0.15, 0.2) is 0 Å². The van der Waals surface area contributed by atoms with Crippen molar-refractivity contribution in [3.63, 3.8) is 0 Å². The van der Waals surface area contributed by atoms with Crippen molar-refractivity contribution in [2.75, 3.05) is 26.9 Å². The average molecular weight is 364 g/mol. The highest BCUT2D eigenvalue weighted by Crippen LogP contribution is 2.39. The molecule has 1 aromatic heterocycles. The van der Waals surface area contributed by atoms with Gasteiger partial charge >= 0.3 is 0 Å². The standard InChI is InChI=1S/C22H24N2O3/c1-3-27-16-8-6-7-15(13-16)22-21-18(11-12-24(22)20(25)14-26-2)17-9-4-5-10-19(17)23-21/h4-10,13,22-23H,3,11-12,14H2,1-2H3/t22-/m0/s1. The monoisotopic (exact) mass is 364 g/mol. The van der Waals surface area contributed by atoms with E-state index >= 15 is 0 Å². The lowest BCUT2D eigenvalue weighted by Gasteiger charge is -2.36. The number of amides is 1. The Morgan fingerprint density at radius 2 is 2.07 bits per heavy atom. The van der Waals surface area contributed by atoms with Crippen molar-refractivity contribution in [3.05, 3.63) is 65.4 Å². The molecule has 140 valence electrons. The van der Waals surface area contributed by atoms with Crippen molar-refractivity contribution in [1.29, 1.82) is 0 Å². The van der Waals surface area contributed by atoms with Crippen LogP contribution in [-0.4, -0.2) is 42.7 Å². The summed E-state index contributed by atoms with van der Waals surface area (Å²) in [6.45, 7) is 3.33. The second-order valence-corrected chi connectivity index (χ2v) is 6.74. The summed E-state index contributed by atoms with van der Waals surface area (Å²) in [4.78, 5) is 18.2. The highest BCUT2D eigenvalue weighted by molar-refractivity contribution is 5.86. The molecule has 3 aromatic rings. The van der Waals surface area contributed by atoms with Crippen LogP contribution in [0.25, 0.3) is 10.9 Å². The lowest BCUT2D eigenvalue weighted by atomic mass is 9.92. The number of hydrogen-bond donors (Lipinski definition) is 1. The molecule has 0 bridgehead atoms. The number of carbonyl (C=O) groups excluding carboxylic acids is 1. The molecule has 2 heterocycles. The van der Waals surface area contributed by atoms with E-state index in [0.29, 0.717) is 13.2 Å². The molecule has 5 heteroatoms. The van der Waals surface area contributed by atoms with Gasteiger partial charge in [0.1, 0.15) is 12.4 Å². The largest absolute Gasteiger partial charge is 0.494 e. The summed E-state index contributed by atoms with van der Waals surface area (Å²) in [5, 5.41) is 1.23. The molecule has 0 fully saturated rings. The Morgan fingerprint density at radius 1 is 1.22 bits per heavy atom. The minimum atomic E-state index is -0.177. The van der Waals surface area contributed by atoms with Crippen molar-refractivity contribution in [2.24, 2.45) is 0 Å². The normalized spacial score (nSPS) is 16.4. The lowest BCUT2D eigenvalue weighted by molar-refractivity contribution is -0.137. The smallest absolute Gasteiger partial charge is 0.249 e. The zero-order valence-electron chi connectivity index (χ0n) is 15.7. The zero-order chi connectivity index (χ0) is 18.8. The molecule has 0 radical (unpaired) electrons. The molecule has 5 nitrogen and oxygen atoms in total. The molecule has 4 rings (SSSR count). The average Bonchev–Trinajstić information content (AvgIpc) is 3.06. The van der Waals surface area contributed by atoms with Gasteiger partial charge in [-0.05, 0) is 42.7 Å². The Hall–Kier alpha value is -2.79. The molecular formula is C22H24N2O3. The molecule has 1 amide bonds. The van der Waals surface area contributed by atoms with E-state index in [0.717, 1.165) is 28.9 Å². The molecule has 1 aliphatic heterocycles. The first-order valence-electron chi connectivity index (χ1n) is 9.33. The van der Waals surface area contributed by atoms with Crippen LogP contribution < -0.4 is 4.74 Å². The van der Waals surface area contributed by atoms with Crippen molar-refractivity contribution < 1.29 is 14.3 Å². The van der Waals surface area contributed by atoms with E-state index in [2.05, 4.69) is 29.2 Å². The van der Waals surface area contributed by atoms with Gasteiger partial charge in [0.05, 0.1) is 12.6 Å². The van der Waals surface area contributed by atoms with Crippen LogP contribution in [0.5, 0.6) is 5.75 Å². The number of rotatable bonds is 5. The Balaban J connectivity index is 1.85. The molecule has 0 saturated heterocycles. The van der Waals surface area contributed by atoms with Gasteiger partial charge in [0.2, 0.25) is 5.91 Å². The number of fused-ring (bicyclic) bond motifs is 3. The van der Waals surface area contributed by atoms with E-state index in [9.17, 15) is 4.79 Å². The topological polar surface area (TPSA) is 54.6 Å². The maximum absolute atomic E-state index is 12.8. The number of para-hydroxylation sites is 1. The Morgan fingerprint density at radius 3 is 2.89 bits per heavy atom. The van der Waals surface area contributed by atoms with Crippen LogP contribution in [0.2, 0.25) is 0 Å². The van der Waals surface area contributed by atoms with E-state index in [1.807, 2.05) is 36.1 Å². The maximum Gasteiger partial charge on any atom is 0.249 e. The van der Waals surface area contributed by atoms with Gasteiger partial charge in [-0.15, -0.1) is 0 Å². The molecule has 0 saturated carbocycles. The quantitative estimate of drug-likeness (QED) is 0.751. The van der Waals surface area contributed by atoms with Gasteiger partial charge < -0.3 is 19.4 Å². The van der Waals surface area contributed by atoms with Crippen LogP contribution in [0.15, 0.2) is 48.5 Å². The Kier molecular flexibility index (Phi) is 4.86.